The van der Waals surface area contributed by atoms with Gasteiger partial charge in [0.1, 0.15) is 0 Å². The second-order valence-electron chi connectivity index (χ2n) is 3.93. The Morgan fingerprint density at radius 3 is 2.75 bits per heavy atom. The number of halogens is 2. The number of benzene rings is 1. The number of alkyl halides is 2. The lowest BCUT2D eigenvalue weighted by Crippen LogP contribution is -2.11. The van der Waals surface area contributed by atoms with Gasteiger partial charge in [-0.2, -0.15) is 19.0 Å². The molecule has 0 fully saturated rings. The average molecular weight is 279 g/mol. The summed E-state index contributed by atoms with van der Waals surface area (Å²) < 4.78 is 34.5. The van der Waals surface area contributed by atoms with E-state index in [1.54, 1.807) is 0 Å². The molecule has 0 saturated heterocycles. The first-order chi connectivity index (χ1) is 9.58. The molecule has 3 rings (SSSR count). The Hall–Kier alpha value is -2.77. The van der Waals surface area contributed by atoms with E-state index in [2.05, 4.69) is 14.9 Å². The number of hydrogen-bond acceptors (Lipinski definition) is 5. The Bertz CT molecular complexity index is 816. The van der Waals surface area contributed by atoms with Crippen molar-refractivity contribution in [3.63, 3.8) is 0 Å². The molecule has 3 aromatic rings. The highest BCUT2D eigenvalue weighted by molar-refractivity contribution is 6.17. The fourth-order valence-corrected chi connectivity index (χ4v) is 2.02. The zero-order valence-corrected chi connectivity index (χ0v) is 9.84. The van der Waals surface area contributed by atoms with Crippen LogP contribution in [0.2, 0.25) is 0 Å². The topological polar surface area (TPSA) is 91.2 Å². The van der Waals surface area contributed by atoms with E-state index in [0.717, 1.165) is 0 Å². The van der Waals surface area contributed by atoms with Crippen LogP contribution >= 0.6 is 0 Å². The number of carbonyl (C=O) groups is 1. The zero-order chi connectivity index (χ0) is 14.3. The molecule has 102 valence electrons. The fourth-order valence-electron chi connectivity index (χ4n) is 2.02. The van der Waals surface area contributed by atoms with Crippen LogP contribution in [0, 0.1) is 0 Å². The molecule has 2 heterocycles. The molecule has 8 heteroatoms. The van der Waals surface area contributed by atoms with Gasteiger partial charge in [-0.15, -0.1) is 0 Å². The van der Waals surface area contributed by atoms with Crippen molar-refractivity contribution in [2.45, 2.75) is 6.61 Å². The SMILES string of the molecule is NC(=O)c1ccc(OC(F)F)c2oc3cnncc3c12. The number of carbonyl (C=O) groups excluding carboxylic acids is 1. The summed E-state index contributed by atoms with van der Waals surface area (Å²) in [4.78, 5) is 11.4. The minimum atomic E-state index is -3.01. The Balaban J connectivity index is 2.41. The number of nitrogens with zero attached hydrogens (tertiary/aromatic N) is 2. The molecule has 0 saturated carbocycles. The van der Waals surface area contributed by atoms with Crippen LogP contribution in [-0.4, -0.2) is 22.7 Å². The van der Waals surface area contributed by atoms with Crippen LogP contribution in [0.1, 0.15) is 10.4 Å². The lowest BCUT2D eigenvalue weighted by Gasteiger charge is -2.06. The second-order valence-corrected chi connectivity index (χ2v) is 3.93. The third-order valence-corrected chi connectivity index (χ3v) is 2.78. The van der Waals surface area contributed by atoms with Crippen LogP contribution in [0.25, 0.3) is 21.9 Å². The van der Waals surface area contributed by atoms with Crippen LogP contribution in [0.15, 0.2) is 28.9 Å². The molecule has 2 N–H and O–H groups in total. The van der Waals surface area contributed by atoms with Gasteiger partial charge in [0.2, 0.25) is 5.91 Å². The zero-order valence-electron chi connectivity index (χ0n) is 9.84. The number of aromatic nitrogens is 2. The van der Waals surface area contributed by atoms with E-state index in [9.17, 15) is 13.6 Å². The van der Waals surface area contributed by atoms with Crippen molar-refractivity contribution in [3.8, 4) is 5.75 Å². The number of fused-ring (bicyclic) bond motifs is 3. The number of ether oxygens (including phenoxy) is 1. The Morgan fingerprint density at radius 2 is 2.05 bits per heavy atom. The van der Waals surface area contributed by atoms with Gasteiger partial charge in [-0.1, -0.05) is 0 Å². The third-order valence-electron chi connectivity index (χ3n) is 2.78. The van der Waals surface area contributed by atoms with E-state index in [1.165, 1.54) is 24.5 Å². The number of primary amides is 1. The molecule has 0 atom stereocenters. The summed E-state index contributed by atoms with van der Waals surface area (Å²) >= 11 is 0. The van der Waals surface area contributed by atoms with Crippen molar-refractivity contribution in [1.82, 2.24) is 10.2 Å². The average Bonchev–Trinajstić information content (AvgIpc) is 2.78. The molecule has 1 aromatic carbocycles. The number of hydrogen-bond donors (Lipinski definition) is 1. The van der Waals surface area contributed by atoms with Gasteiger partial charge in [-0.05, 0) is 12.1 Å². The molecule has 0 spiro atoms. The summed E-state index contributed by atoms with van der Waals surface area (Å²) in [6, 6.07) is 2.51. The van der Waals surface area contributed by atoms with E-state index in [4.69, 9.17) is 10.2 Å². The minimum absolute atomic E-state index is 0.00593. The summed E-state index contributed by atoms with van der Waals surface area (Å²) in [6.45, 7) is -3.01. The fraction of sp³-hybridized carbons (Fsp3) is 0.0833. The van der Waals surface area contributed by atoms with Crippen molar-refractivity contribution >= 4 is 27.8 Å². The minimum Gasteiger partial charge on any atom is -0.450 e. The van der Waals surface area contributed by atoms with Gasteiger partial charge in [0.25, 0.3) is 0 Å². The molecule has 0 unspecified atom stereocenters. The van der Waals surface area contributed by atoms with Gasteiger partial charge >= 0.3 is 6.61 Å². The molecule has 0 aliphatic carbocycles. The first-order valence-electron chi connectivity index (χ1n) is 5.48. The largest absolute Gasteiger partial charge is 0.450 e. The monoisotopic (exact) mass is 279 g/mol. The highest BCUT2D eigenvalue weighted by Crippen LogP contribution is 2.36. The van der Waals surface area contributed by atoms with Crippen molar-refractivity contribution in [1.29, 1.82) is 0 Å². The second kappa shape index (κ2) is 4.41. The van der Waals surface area contributed by atoms with E-state index in [1.807, 2.05) is 0 Å². The molecule has 1 amide bonds. The number of amides is 1. The van der Waals surface area contributed by atoms with Crippen LogP contribution in [0.4, 0.5) is 8.78 Å². The van der Waals surface area contributed by atoms with Gasteiger partial charge in [0.15, 0.2) is 16.9 Å². The maximum absolute atomic E-state index is 12.4. The molecule has 0 aliphatic rings. The van der Waals surface area contributed by atoms with Crippen molar-refractivity contribution in [2.24, 2.45) is 5.73 Å². The van der Waals surface area contributed by atoms with Crippen LogP contribution in [-0.2, 0) is 0 Å². The van der Waals surface area contributed by atoms with Crippen molar-refractivity contribution in [3.05, 3.63) is 30.1 Å². The number of rotatable bonds is 3. The molecular formula is C12H7F2N3O3. The first-order valence-corrected chi connectivity index (χ1v) is 5.48. The van der Waals surface area contributed by atoms with Crippen LogP contribution in [0.3, 0.4) is 0 Å². The maximum Gasteiger partial charge on any atom is 0.387 e. The molecule has 0 radical (unpaired) electrons. The smallest absolute Gasteiger partial charge is 0.387 e. The molecule has 0 bridgehead atoms. The summed E-state index contributed by atoms with van der Waals surface area (Å²) in [6.07, 6.45) is 2.67. The van der Waals surface area contributed by atoms with Gasteiger partial charge in [0.05, 0.1) is 23.3 Å². The third kappa shape index (κ3) is 1.81. The highest BCUT2D eigenvalue weighted by Gasteiger charge is 2.20. The predicted octanol–water partition coefficient (Wildman–Crippen LogP) is 2.08. The molecule has 6 nitrogen and oxygen atoms in total. The van der Waals surface area contributed by atoms with Crippen LogP contribution < -0.4 is 10.5 Å². The number of nitrogens with two attached hydrogens (primary N) is 1. The summed E-state index contributed by atoms with van der Waals surface area (Å²) in [5, 5.41) is 8.03. The molecule has 2 aromatic heterocycles. The van der Waals surface area contributed by atoms with Gasteiger partial charge in [0, 0.05) is 5.39 Å². The van der Waals surface area contributed by atoms with E-state index in [0.29, 0.717) is 11.0 Å². The predicted molar refractivity (Wildman–Crippen MR) is 64.5 cm³/mol. The molecule has 20 heavy (non-hydrogen) atoms. The highest BCUT2D eigenvalue weighted by atomic mass is 19.3. The normalized spacial score (nSPS) is 11.3. The van der Waals surface area contributed by atoms with E-state index in [-0.39, 0.29) is 22.3 Å². The van der Waals surface area contributed by atoms with Crippen molar-refractivity contribution < 1.29 is 22.7 Å². The molecular weight excluding hydrogens is 272 g/mol. The van der Waals surface area contributed by atoms with Crippen LogP contribution in [0.5, 0.6) is 5.75 Å². The first kappa shape index (κ1) is 12.3. The summed E-state index contributed by atoms with van der Waals surface area (Å²) in [7, 11) is 0. The summed E-state index contributed by atoms with van der Waals surface area (Å²) in [5.41, 5.74) is 5.71. The van der Waals surface area contributed by atoms with E-state index >= 15 is 0 Å². The lowest BCUT2D eigenvalue weighted by atomic mass is 10.1. The van der Waals surface area contributed by atoms with Gasteiger partial charge < -0.3 is 14.9 Å². The summed E-state index contributed by atoms with van der Waals surface area (Å²) in [5.74, 6) is -0.894. The lowest BCUT2D eigenvalue weighted by molar-refractivity contribution is -0.0493. The quantitative estimate of drug-likeness (QED) is 0.792. The maximum atomic E-state index is 12.4. The standard InChI is InChI=1S/C12H7F2N3O3/c13-12(14)20-7-2-1-5(11(15)18)9-6-3-16-17-4-8(6)19-10(7)9/h1-4,12H,(H2,15,18). The van der Waals surface area contributed by atoms with E-state index < -0.39 is 12.5 Å². The number of furan rings is 1. The van der Waals surface area contributed by atoms with Crippen molar-refractivity contribution in [2.75, 3.05) is 0 Å². The Labute approximate surface area is 110 Å². The van der Waals surface area contributed by atoms with Gasteiger partial charge in [-0.3, -0.25) is 4.79 Å². The molecule has 0 aliphatic heterocycles. The Kier molecular flexibility index (Phi) is 2.70. The van der Waals surface area contributed by atoms with Gasteiger partial charge in [-0.25, -0.2) is 0 Å². The Morgan fingerprint density at radius 1 is 1.30 bits per heavy atom.